The Labute approximate surface area is 71.1 Å². The van der Waals surface area contributed by atoms with Gasteiger partial charge in [0.2, 0.25) is 0 Å². The van der Waals surface area contributed by atoms with Crippen LogP contribution >= 0.6 is 0 Å². The van der Waals surface area contributed by atoms with Crippen LogP contribution in [0.2, 0.25) is 0 Å². The maximum absolute atomic E-state index is 10.7. The topological polar surface area (TPSA) is 38.3 Å². The highest BCUT2D eigenvalue weighted by Gasteiger charge is 2.24. The summed E-state index contributed by atoms with van der Waals surface area (Å²) in [5.74, 6) is 0. The van der Waals surface area contributed by atoms with E-state index in [1.54, 1.807) is 0 Å². The number of hydrogen-bond acceptors (Lipinski definition) is 2. The molecule has 3 nitrogen and oxygen atoms in total. The highest BCUT2D eigenvalue weighted by atomic mass is 16.6. The number of nitrogens with one attached hydrogen (secondary N) is 1. The van der Waals surface area contributed by atoms with E-state index < -0.39 is 0 Å². The third kappa shape index (κ3) is 1.35. The maximum atomic E-state index is 10.7. The fourth-order valence-electron chi connectivity index (χ4n) is 1.49. The van der Waals surface area contributed by atoms with Gasteiger partial charge in [-0.15, -0.1) is 0 Å². The highest BCUT2D eigenvalue weighted by Crippen LogP contribution is 2.17. The first-order valence-corrected chi connectivity index (χ1v) is 4.13. The summed E-state index contributed by atoms with van der Waals surface area (Å²) >= 11 is 0. The predicted molar refractivity (Wildman–Crippen MR) is 44.7 cm³/mol. The second-order valence-electron chi connectivity index (χ2n) is 2.99. The lowest BCUT2D eigenvalue weighted by Crippen LogP contribution is -2.28. The first-order chi connectivity index (χ1) is 5.86. The molecular formula is C9H11NO2. The Hall–Kier alpha value is -1.25. The van der Waals surface area contributed by atoms with Crippen molar-refractivity contribution in [3.8, 4) is 0 Å². The van der Waals surface area contributed by atoms with E-state index in [0.717, 1.165) is 12.8 Å². The van der Waals surface area contributed by atoms with Gasteiger partial charge >= 0.3 is 6.09 Å². The van der Waals surface area contributed by atoms with Gasteiger partial charge in [0, 0.05) is 0 Å². The molecule has 1 heterocycles. The summed E-state index contributed by atoms with van der Waals surface area (Å²) in [6, 6.07) is 0.113. The molecule has 1 saturated heterocycles. The molecule has 3 heteroatoms. The molecule has 0 aromatic heterocycles. The van der Waals surface area contributed by atoms with Crippen LogP contribution in [0, 0.1) is 0 Å². The van der Waals surface area contributed by atoms with Gasteiger partial charge in [0.25, 0.3) is 0 Å². The lowest BCUT2D eigenvalue weighted by molar-refractivity contribution is 0.177. The van der Waals surface area contributed by atoms with Crippen molar-refractivity contribution in [1.29, 1.82) is 0 Å². The fraction of sp³-hybridized carbons (Fsp3) is 0.444. The summed E-state index contributed by atoms with van der Waals surface area (Å²) in [6.45, 7) is 0.485. The zero-order valence-corrected chi connectivity index (χ0v) is 6.75. The first kappa shape index (κ1) is 7.40. The van der Waals surface area contributed by atoms with E-state index in [4.69, 9.17) is 4.74 Å². The van der Waals surface area contributed by atoms with Crippen molar-refractivity contribution in [3.05, 3.63) is 23.8 Å². The molecule has 2 rings (SSSR count). The Morgan fingerprint density at radius 2 is 2.42 bits per heavy atom. The Balaban J connectivity index is 2.00. The summed E-state index contributed by atoms with van der Waals surface area (Å²) in [5.41, 5.74) is 1.27. The lowest BCUT2D eigenvalue weighted by Gasteiger charge is -2.12. The standard InChI is InChI=1S/C9H11NO2/c11-9-10-8(6-12-9)7-4-2-1-3-5-7/h1-2,5,8H,3-4,6H2,(H,10,11)/t8-/m1/s1. The van der Waals surface area contributed by atoms with Crippen molar-refractivity contribution in [2.75, 3.05) is 6.61 Å². The minimum atomic E-state index is -0.296. The first-order valence-electron chi connectivity index (χ1n) is 4.13. The molecule has 0 spiro atoms. The van der Waals surface area contributed by atoms with Crippen molar-refractivity contribution in [3.63, 3.8) is 0 Å². The normalized spacial score (nSPS) is 27.8. The van der Waals surface area contributed by atoms with Gasteiger partial charge in [0.1, 0.15) is 6.61 Å². The highest BCUT2D eigenvalue weighted by molar-refractivity contribution is 5.70. The summed E-state index contributed by atoms with van der Waals surface area (Å²) in [4.78, 5) is 10.7. The van der Waals surface area contributed by atoms with Gasteiger partial charge in [0.15, 0.2) is 0 Å². The number of carbonyl (C=O) groups excluding carboxylic acids is 1. The molecule has 0 aromatic carbocycles. The van der Waals surface area contributed by atoms with E-state index in [9.17, 15) is 4.79 Å². The number of allylic oxidation sites excluding steroid dienone is 3. The summed E-state index contributed by atoms with van der Waals surface area (Å²) in [5, 5.41) is 2.76. The molecule has 1 fully saturated rings. The molecule has 12 heavy (non-hydrogen) atoms. The molecule has 1 atom stereocenters. The van der Waals surface area contributed by atoms with Crippen molar-refractivity contribution < 1.29 is 9.53 Å². The second kappa shape index (κ2) is 3.01. The number of cyclic esters (lactones) is 1. The van der Waals surface area contributed by atoms with Crippen LogP contribution < -0.4 is 5.32 Å². The van der Waals surface area contributed by atoms with Gasteiger partial charge < -0.3 is 10.1 Å². The SMILES string of the molecule is O=C1N[C@@H](C2=CCC=CC2)CO1. The van der Waals surface area contributed by atoms with Crippen LogP contribution in [0.15, 0.2) is 23.8 Å². The van der Waals surface area contributed by atoms with Crippen LogP contribution in [0.3, 0.4) is 0 Å². The van der Waals surface area contributed by atoms with Crippen LogP contribution in [0.25, 0.3) is 0 Å². The van der Waals surface area contributed by atoms with Gasteiger partial charge in [-0.2, -0.15) is 0 Å². The molecule has 0 saturated carbocycles. The lowest BCUT2D eigenvalue weighted by atomic mass is 9.99. The Morgan fingerprint density at radius 3 is 3.00 bits per heavy atom. The molecule has 0 unspecified atom stereocenters. The average Bonchev–Trinajstić information content (AvgIpc) is 2.54. The van der Waals surface area contributed by atoms with Crippen molar-refractivity contribution in [2.45, 2.75) is 18.9 Å². The van der Waals surface area contributed by atoms with E-state index in [0.29, 0.717) is 6.61 Å². The van der Waals surface area contributed by atoms with E-state index >= 15 is 0 Å². The number of carbonyl (C=O) groups is 1. The van der Waals surface area contributed by atoms with E-state index in [2.05, 4.69) is 23.5 Å². The Bertz CT molecular complexity index is 255. The zero-order valence-electron chi connectivity index (χ0n) is 6.75. The summed E-state index contributed by atoms with van der Waals surface area (Å²) in [7, 11) is 0. The van der Waals surface area contributed by atoms with Crippen LogP contribution in [0.5, 0.6) is 0 Å². The number of alkyl carbamates (subject to hydrolysis) is 1. The van der Waals surface area contributed by atoms with Crippen molar-refractivity contribution >= 4 is 6.09 Å². The van der Waals surface area contributed by atoms with Crippen LogP contribution in [0.1, 0.15) is 12.8 Å². The number of amides is 1. The monoisotopic (exact) mass is 165 g/mol. The summed E-state index contributed by atoms with van der Waals surface area (Å²) < 4.78 is 4.80. The number of ether oxygens (including phenoxy) is 1. The molecule has 1 amide bonds. The summed E-state index contributed by atoms with van der Waals surface area (Å²) in [6.07, 6.45) is 8.02. The molecular weight excluding hydrogens is 154 g/mol. The van der Waals surface area contributed by atoms with Crippen LogP contribution in [0.4, 0.5) is 4.79 Å². The Kier molecular flexibility index (Phi) is 1.86. The van der Waals surface area contributed by atoms with Crippen LogP contribution in [-0.2, 0) is 4.74 Å². The largest absolute Gasteiger partial charge is 0.447 e. The third-order valence-electron chi connectivity index (χ3n) is 2.16. The Morgan fingerprint density at radius 1 is 1.50 bits per heavy atom. The second-order valence-corrected chi connectivity index (χ2v) is 2.99. The molecule has 1 aliphatic heterocycles. The molecule has 1 aliphatic carbocycles. The predicted octanol–water partition coefficient (Wildman–Crippen LogP) is 1.37. The fourth-order valence-corrected chi connectivity index (χ4v) is 1.49. The van der Waals surface area contributed by atoms with E-state index in [1.165, 1.54) is 5.57 Å². The molecule has 64 valence electrons. The molecule has 0 aromatic rings. The van der Waals surface area contributed by atoms with Crippen molar-refractivity contribution in [2.24, 2.45) is 0 Å². The van der Waals surface area contributed by atoms with Crippen molar-refractivity contribution in [1.82, 2.24) is 5.32 Å². The minimum Gasteiger partial charge on any atom is -0.447 e. The maximum Gasteiger partial charge on any atom is 0.407 e. The third-order valence-corrected chi connectivity index (χ3v) is 2.16. The van der Waals surface area contributed by atoms with Crippen LogP contribution in [-0.4, -0.2) is 18.7 Å². The van der Waals surface area contributed by atoms with Gasteiger partial charge in [-0.1, -0.05) is 18.2 Å². The van der Waals surface area contributed by atoms with Gasteiger partial charge in [-0.05, 0) is 18.4 Å². The van der Waals surface area contributed by atoms with E-state index in [-0.39, 0.29) is 12.1 Å². The molecule has 2 aliphatic rings. The van der Waals surface area contributed by atoms with Gasteiger partial charge in [0.05, 0.1) is 6.04 Å². The number of rotatable bonds is 1. The van der Waals surface area contributed by atoms with E-state index in [1.807, 2.05) is 0 Å². The molecule has 1 N–H and O–H groups in total. The number of hydrogen-bond donors (Lipinski definition) is 1. The quantitative estimate of drug-likeness (QED) is 0.596. The average molecular weight is 165 g/mol. The molecule has 0 bridgehead atoms. The zero-order chi connectivity index (χ0) is 8.39. The van der Waals surface area contributed by atoms with Gasteiger partial charge in [-0.25, -0.2) is 4.79 Å². The molecule has 0 radical (unpaired) electrons. The minimum absolute atomic E-state index is 0.113. The van der Waals surface area contributed by atoms with Gasteiger partial charge in [-0.3, -0.25) is 0 Å². The smallest absolute Gasteiger partial charge is 0.407 e.